The van der Waals surface area contributed by atoms with E-state index in [1.807, 2.05) is 13.8 Å². The summed E-state index contributed by atoms with van der Waals surface area (Å²) < 4.78 is 4.78. The van der Waals surface area contributed by atoms with Gasteiger partial charge in [0.2, 0.25) is 5.91 Å². The zero-order chi connectivity index (χ0) is 20.6. The molecule has 0 aromatic heterocycles. The predicted octanol–water partition coefficient (Wildman–Crippen LogP) is -1.59. The van der Waals surface area contributed by atoms with Crippen LogP contribution in [0.25, 0.3) is 0 Å². The molecule has 0 spiro atoms. The number of hydrogen-bond acceptors (Lipinski definition) is 6. The van der Waals surface area contributed by atoms with E-state index >= 15 is 0 Å². The third-order valence-corrected chi connectivity index (χ3v) is 4.67. The number of phenolic OH excluding ortho intramolecular Hbond substituents is 1. The minimum atomic E-state index is -1.15. The first-order valence-corrected chi connectivity index (χ1v) is 8.70. The van der Waals surface area contributed by atoms with E-state index in [-0.39, 0.29) is 41.2 Å². The van der Waals surface area contributed by atoms with Crippen molar-refractivity contribution in [1.82, 2.24) is 5.32 Å². The number of nitrogens with zero attached hydrogens (tertiary/aromatic N) is 1. The summed E-state index contributed by atoms with van der Waals surface area (Å²) >= 11 is 0. The fourth-order valence-corrected chi connectivity index (χ4v) is 3.07. The zero-order valence-corrected chi connectivity index (χ0v) is 18.9. The fourth-order valence-electron chi connectivity index (χ4n) is 3.07. The molecule has 2 atom stereocenters. The number of carbonyl (C=O) groups is 3. The smallest absolute Gasteiger partial charge is 0.846 e. The molecule has 1 aliphatic heterocycles. The average Bonchev–Trinajstić information content (AvgIpc) is 2.63. The second kappa shape index (κ2) is 11.8. The Kier molecular flexibility index (Phi) is 11.0. The number of aromatic hydroxyl groups is 1. The first-order chi connectivity index (χ1) is 12.8. The Morgan fingerprint density at radius 1 is 1.36 bits per heavy atom. The number of aliphatic imine (C=N–C) groups is 1. The van der Waals surface area contributed by atoms with Crippen LogP contribution in [-0.2, 0) is 9.59 Å². The van der Waals surface area contributed by atoms with Crippen LogP contribution in [0.2, 0.25) is 0 Å². The maximum atomic E-state index is 11.9. The van der Waals surface area contributed by atoms with Gasteiger partial charge in [0.1, 0.15) is 11.7 Å². The van der Waals surface area contributed by atoms with Crippen LogP contribution in [0.15, 0.2) is 23.2 Å². The Morgan fingerprint density at radius 2 is 2.00 bits per heavy atom. The summed E-state index contributed by atoms with van der Waals surface area (Å²) in [4.78, 5) is 37.3. The molecule has 2 N–H and O–H groups in total. The zero-order valence-electron chi connectivity index (χ0n) is 16.9. The topological polar surface area (TPSA) is 128 Å². The number of amides is 2. The first kappa shape index (κ1) is 26.1. The number of rotatable bonds is 6. The normalized spacial score (nSPS) is 19.2. The van der Waals surface area contributed by atoms with Crippen molar-refractivity contribution in [2.24, 2.45) is 16.3 Å². The number of amidine groups is 1. The van der Waals surface area contributed by atoms with E-state index in [0.717, 1.165) is 12.8 Å². The molecule has 0 aliphatic carbocycles. The van der Waals surface area contributed by atoms with Gasteiger partial charge in [-0.05, 0) is 37.0 Å². The first-order valence-electron chi connectivity index (χ1n) is 8.70. The number of hydrogen-bond donors (Lipinski definition) is 2. The minimum absolute atomic E-state index is 0. The third-order valence-electron chi connectivity index (χ3n) is 4.67. The molecule has 2 amide bonds. The Morgan fingerprint density at radius 3 is 2.46 bits per heavy atom. The van der Waals surface area contributed by atoms with Crippen LogP contribution in [0.5, 0.6) is 11.5 Å². The van der Waals surface area contributed by atoms with Gasteiger partial charge in [-0.3, -0.25) is 14.4 Å². The standard InChI is InChI=1S/C11H18N2O3.C8H8O3.Na/c1-4-6-7(3)11(5-2)8(14)12-10(16)13-9(11)15;1-11-8-4-6(5-9)2-3-7(8)10;/h7H,4-6H2,1-3H3,(H2,12,13,14,15,16);2-5,10H,1H3;/q;;+1/p-1. The molecule has 0 saturated carbocycles. The van der Waals surface area contributed by atoms with Gasteiger partial charge in [0.05, 0.1) is 13.1 Å². The number of carbonyl (C=O) groups excluding carboxylic acids is 3. The van der Waals surface area contributed by atoms with E-state index in [4.69, 9.17) is 9.84 Å². The largest absolute Gasteiger partial charge is 1.00 e. The van der Waals surface area contributed by atoms with E-state index in [2.05, 4.69) is 10.3 Å². The average molecular weight is 400 g/mol. The molecule has 1 aromatic rings. The summed E-state index contributed by atoms with van der Waals surface area (Å²) in [5.41, 5.74) is -0.663. The van der Waals surface area contributed by atoms with Crippen molar-refractivity contribution in [2.45, 2.75) is 40.0 Å². The maximum Gasteiger partial charge on any atom is 1.00 e. The van der Waals surface area contributed by atoms with Gasteiger partial charge < -0.3 is 20.3 Å². The van der Waals surface area contributed by atoms with E-state index in [1.165, 1.54) is 25.3 Å². The van der Waals surface area contributed by atoms with Crippen molar-refractivity contribution in [3.05, 3.63) is 23.8 Å². The summed E-state index contributed by atoms with van der Waals surface area (Å²) in [6, 6.07) is 3.57. The van der Waals surface area contributed by atoms with Crippen LogP contribution in [-0.4, -0.2) is 36.3 Å². The van der Waals surface area contributed by atoms with E-state index < -0.39 is 23.3 Å². The van der Waals surface area contributed by atoms with Crippen LogP contribution < -0.4 is 44.7 Å². The molecular formula is C19H25N2NaO6. The van der Waals surface area contributed by atoms with Crippen molar-refractivity contribution in [3.8, 4) is 11.5 Å². The number of benzene rings is 1. The molecule has 0 fully saturated rings. The quantitative estimate of drug-likeness (QED) is 0.337. The number of aldehydes is 1. The maximum absolute atomic E-state index is 11.9. The van der Waals surface area contributed by atoms with Gasteiger partial charge in [-0.25, -0.2) is 4.99 Å². The van der Waals surface area contributed by atoms with E-state index in [0.29, 0.717) is 24.0 Å². The summed E-state index contributed by atoms with van der Waals surface area (Å²) in [5.74, 6) is -0.842. The summed E-state index contributed by atoms with van der Waals surface area (Å²) in [6.07, 6.45) is 2.71. The van der Waals surface area contributed by atoms with Gasteiger partial charge in [0, 0.05) is 5.56 Å². The number of ether oxygens (including phenoxy) is 1. The molecule has 1 aromatic carbocycles. The summed E-state index contributed by atoms with van der Waals surface area (Å²) in [6.45, 7) is 5.62. The Hall–Kier alpha value is -1.90. The molecule has 0 radical (unpaired) electrons. The van der Waals surface area contributed by atoms with Crippen LogP contribution in [0.3, 0.4) is 0 Å². The number of nitrogens with one attached hydrogen (secondary N) is 1. The molecule has 2 unspecified atom stereocenters. The van der Waals surface area contributed by atoms with Crippen molar-refractivity contribution in [3.63, 3.8) is 0 Å². The molecule has 148 valence electrons. The summed E-state index contributed by atoms with van der Waals surface area (Å²) in [5, 5.41) is 22.2. The van der Waals surface area contributed by atoms with E-state index in [9.17, 15) is 19.5 Å². The van der Waals surface area contributed by atoms with Gasteiger partial charge in [0.15, 0.2) is 11.5 Å². The minimum Gasteiger partial charge on any atom is -0.846 e. The van der Waals surface area contributed by atoms with Gasteiger partial charge in [-0.1, -0.05) is 27.2 Å². The van der Waals surface area contributed by atoms with Crippen molar-refractivity contribution < 1.29 is 58.9 Å². The predicted molar refractivity (Wildman–Crippen MR) is 97.4 cm³/mol. The fraction of sp³-hybridized carbons (Fsp3) is 0.474. The molecule has 2 rings (SSSR count). The second-order valence-corrected chi connectivity index (χ2v) is 6.24. The molecule has 0 bridgehead atoms. The Balaban J connectivity index is 0.000000535. The molecule has 9 heteroatoms. The van der Waals surface area contributed by atoms with Gasteiger partial charge in [0.25, 0.3) is 5.91 Å². The third kappa shape index (κ3) is 5.80. The van der Waals surface area contributed by atoms with Crippen molar-refractivity contribution in [1.29, 1.82) is 0 Å². The van der Waals surface area contributed by atoms with Crippen molar-refractivity contribution in [2.75, 3.05) is 7.11 Å². The van der Waals surface area contributed by atoms with Crippen LogP contribution in [0, 0.1) is 11.3 Å². The molecule has 1 aliphatic rings. The van der Waals surface area contributed by atoms with Gasteiger partial charge in [-0.2, -0.15) is 0 Å². The van der Waals surface area contributed by atoms with Crippen LogP contribution in [0.4, 0.5) is 0 Å². The Bertz CT molecular complexity index is 737. The summed E-state index contributed by atoms with van der Waals surface area (Å²) in [7, 11) is 1.43. The van der Waals surface area contributed by atoms with Crippen LogP contribution in [0.1, 0.15) is 50.4 Å². The Labute approximate surface area is 186 Å². The molecule has 1 heterocycles. The SMILES string of the molecule is CCCC(C)C1(CC)C(=O)N=C([O-])NC1=O.COc1cc(C=O)ccc1O.[Na+]. The van der Waals surface area contributed by atoms with E-state index in [1.54, 1.807) is 6.92 Å². The van der Waals surface area contributed by atoms with Crippen LogP contribution >= 0.6 is 0 Å². The molecule has 8 nitrogen and oxygen atoms in total. The monoisotopic (exact) mass is 400 g/mol. The second-order valence-electron chi connectivity index (χ2n) is 6.24. The van der Waals surface area contributed by atoms with Gasteiger partial charge in [-0.15, -0.1) is 0 Å². The molecule has 28 heavy (non-hydrogen) atoms. The van der Waals surface area contributed by atoms with Gasteiger partial charge >= 0.3 is 29.6 Å². The number of phenols is 1. The molecular weight excluding hydrogens is 375 g/mol. The van der Waals surface area contributed by atoms with Crippen molar-refractivity contribution >= 4 is 24.1 Å². The number of methoxy groups -OCH3 is 1. The molecule has 0 saturated heterocycles.